The maximum Gasteiger partial charge on any atom is 0.149 e. The van der Waals surface area contributed by atoms with Gasteiger partial charge in [-0.2, -0.15) is 5.10 Å². The highest BCUT2D eigenvalue weighted by molar-refractivity contribution is 5.74. The van der Waals surface area contributed by atoms with Crippen molar-refractivity contribution in [1.82, 2.24) is 14.8 Å². The lowest BCUT2D eigenvalue weighted by Crippen LogP contribution is -2.01. The number of hydrogen-bond acceptors (Lipinski definition) is 3. The number of pyridine rings is 1. The van der Waals surface area contributed by atoms with Crippen LogP contribution in [-0.4, -0.2) is 19.9 Å². The van der Waals surface area contributed by atoms with Crippen LogP contribution in [0.25, 0.3) is 16.8 Å². The highest BCUT2D eigenvalue weighted by Crippen LogP contribution is 2.29. The molecule has 0 aliphatic carbocycles. The van der Waals surface area contributed by atoms with Crippen molar-refractivity contribution in [1.29, 1.82) is 0 Å². The largest absolute Gasteiger partial charge is 0.390 e. The van der Waals surface area contributed by atoms with Crippen LogP contribution >= 0.6 is 0 Å². The highest BCUT2D eigenvalue weighted by Gasteiger charge is 2.13. The second-order valence-electron chi connectivity index (χ2n) is 4.78. The number of aromatic nitrogens is 3. The molecule has 0 radical (unpaired) electrons. The highest BCUT2D eigenvalue weighted by atomic mass is 19.1. The Hall–Kier alpha value is -2.53. The molecule has 0 aliphatic heterocycles. The summed E-state index contributed by atoms with van der Waals surface area (Å²) in [6.45, 7) is 1.75. The summed E-state index contributed by atoms with van der Waals surface area (Å²) in [7, 11) is 0. The molecule has 0 atom stereocenters. The van der Waals surface area contributed by atoms with Crippen molar-refractivity contribution in [2.75, 3.05) is 0 Å². The summed E-state index contributed by atoms with van der Waals surface area (Å²) in [5, 5.41) is 13.4. The monoisotopic (exact) mass is 283 g/mol. The number of aliphatic hydroxyl groups is 1. The zero-order valence-corrected chi connectivity index (χ0v) is 11.5. The van der Waals surface area contributed by atoms with Gasteiger partial charge in [0.1, 0.15) is 5.82 Å². The molecule has 21 heavy (non-hydrogen) atoms. The first kappa shape index (κ1) is 13.5. The van der Waals surface area contributed by atoms with Gasteiger partial charge >= 0.3 is 0 Å². The van der Waals surface area contributed by atoms with E-state index < -0.39 is 5.82 Å². The summed E-state index contributed by atoms with van der Waals surface area (Å²) in [5.74, 6) is -0.426. The first-order valence-electron chi connectivity index (χ1n) is 6.55. The van der Waals surface area contributed by atoms with E-state index in [1.807, 2.05) is 37.4 Å². The van der Waals surface area contributed by atoms with Crippen molar-refractivity contribution in [3.05, 3.63) is 66.0 Å². The molecule has 1 aromatic carbocycles. The number of hydrogen-bond donors (Lipinski definition) is 1. The molecule has 3 aromatic rings. The zero-order valence-electron chi connectivity index (χ0n) is 11.5. The molecule has 0 aliphatic rings. The molecule has 0 unspecified atom stereocenters. The molecule has 1 N–H and O–H groups in total. The van der Waals surface area contributed by atoms with Crippen LogP contribution in [0, 0.1) is 12.7 Å². The quantitative estimate of drug-likeness (QED) is 0.804. The van der Waals surface area contributed by atoms with Crippen molar-refractivity contribution >= 4 is 0 Å². The Labute approximate surface area is 121 Å². The Kier molecular flexibility index (Phi) is 3.50. The third-order valence-electron chi connectivity index (χ3n) is 3.27. The predicted octanol–water partition coefficient (Wildman–Crippen LogP) is 2.87. The Bertz CT molecular complexity index is 769. The van der Waals surface area contributed by atoms with E-state index in [-0.39, 0.29) is 6.61 Å². The van der Waals surface area contributed by atoms with E-state index in [9.17, 15) is 9.50 Å². The molecule has 4 nitrogen and oxygen atoms in total. The number of halogens is 1. The summed E-state index contributed by atoms with van der Waals surface area (Å²) in [6.07, 6.45) is 4.62. The van der Waals surface area contributed by atoms with Crippen LogP contribution in [0.3, 0.4) is 0 Å². The molecular formula is C16H14FN3O. The summed E-state index contributed by atoms with van der Waals surface area (Å²) in [6, 6.07) is 9.09. The molecule has 0 saturated heterocycles. The predicted molar refractivity (Wildman–Crippen MR) is 77.4 cm³/mol. The summed E-state index contributed by atoms with van der Waals surface area (Å²) in [4.78, 5) is 3.85. The molecule has 2 heterocycles. The molecule has 2 aromatic heterocycles. The third kappa shape index (κ3) is 2.55. The molecule has 0 saturated carbocycles. The van der Waals surface area contributed by atoms with Crippen LogP contribution in [0.5, 0.6) is 0 Å². The Morgan fingerprint density at radius 3 is 2.81 bits per heavy atom. The number of benzene rings is 1. The molecule has 0 bridgehead atoms. The van der Waals surface area contributed by atoms with Gasteiger partial charge in [-0.05, 0) is 30.7 Å². The second-order valence-corrected chi connectivity index (χ2v) is 4.78. The van der Waals surface area contributed by atoms with Gasteiger partial charge < -0.3 is 5.11 Å². The van der Waals surface area contributed by atoms with E-state index in [0.717, 1.165) is 17.4 Å². The van der Waals surface area contributed by atoms with E-state index in [4.69, 9.17) is 0 Å². The fourth-order valence-electron chi connectivity index (χ4n) is 2.25. The first-order valence-corrected chi connectivity index (χ1v) is 6.55. The van der Waals surface area contributed by atoms with Crippen molar-refractivity contribution in [3.8, 4) is 16.8 Å². The smallest absolute Gasteiger partial charge is 0.149 e. The van der Waals surface area contributed by atoms with Gasteiger partial charge in [0.2, 0.25) is 0 Å². The lowest BCUT2D eigenvalue weighted by molar-refractivity contribution is 0.276. The van der Waals surface area contributed by atoms with Crippen molar-refractivity contribution in [3.63, 3.8) is 0 Å². The fraction of sp³-hybridized carbons (Fsp3) is 0.125. The van der Waals surface area contributed by atoms with Gasteiger partial charge in [0.25, 0.3) is 0 Å². The van der Waals surface area contributed by atoms with Crippen molar-refractivity contribution < 1.29 is 9.50 Å². The topological polar surface area (TPSA) is 50.9 Å². The van der Waals surface area contributed by atoms with Crippen LogP contribution in [0.15, 0.2) is 48.9 Å². The van der Waals surface area contributed by atoms with E-state index in [2.05, 4.69) is 10.1 Å². The molecule has 0 amide bonds. The van der Waals surface area contributed by atoms with E-state index in [1.54, 1.807) is 16.9 Å². The second kappa shape index (κ2) is 5.46. The van der Waals surface area contributed by atoms with Crippen molar-refractivity contribution in [2.24, 2.45) is 0 Å². The van der Waals surface area contributed by atoms with Crippen molar-refractivity contribution in [2.45, 2.75) is 13.5 Å². The minimum Gasteiger partial charge on any atom is -0.390 e. The SMILES string of the molecule is Cc1ccc(-c2cc(CO)ncc2F)c(-n2cccn2)c1. The van der Waals surface area contributed by atoms with Crippen LogP contribution < -0.4 is 0 Å². The molecule has 3 rings (SSSR count). The average Bonchev–Trinajstić information content (AvgIpc) is 3.02. The lowest BCUT2D eigenvalue weighted by atomic mass is 10.0. The number of rotatable bonds is 3. The molecule has 5 heteroatoms. The minimum atomic E-state index is -0.426. The van der Waals surface area contributed by atoms with Crippen LogP contribution in [0.1, 0.15) is 11.3 Å². The van der Waals surface area contributed by atoms with Gasteiger partial charge in [0, 0.05) is 23.5 Å². The summed E-state index contributed by atoms with van der Waals surface area (Å²) >= 11 is 0. The Balaban J connectivity index is 2.23. The average molecular weight is 283 g/mol. The van der Waals surface area contributed by atoms with E-state index in [1.165, 1.54) is 0 Å². The molecule has 0 fully saturated rings. The van der Waals surface area contributed by atoms with Crippen LogP contribution in [0.4, 0.5) is 4.39 Å². The standard InChI is InChI=1S/C16H14FN3O/c1-11-3-4-13(16(7-11)20-6-2-5-19-20)14-8-12(10-21)18-9-15(14)17/h2-9,21H,10H2,1H3. The normalized spacial score (nSPS) is 10.8. The third-order valence-corrected chi connectivity index (χ3v) is 3.27. The Morgan fingerprint density at radius 1 is 1.24 bits per heavy atom. The van der Waals surface area contributed by atoms with Gasteiger partial charge in [-0.1, -0.05) is 12.1 Å². The first-order chi connectivity index (χ1) is 10.2. The van der Waals surface area contributed by atoms with Gasteiger partial charge in [-0.3, -0.25) is 4.98 Å². The maximum absolute atomic E-state index is 14.1. The van der Waals surface area contributed by atoms with Crippen LogP contribution in [-0.2, 0) is 6.61 Å². The fourth-order valence-corrected chi connectivity index (χ4v) is 2.25. The zero-order chi connectivity index (χ0) is 14.8. The Morgan fingerprint density at radius 2 is 2.10 bits per heavy atom. The minimum absolute atomic E-state index is 0.226. The van der Waals surface area contributed by atoms with Gasteiger partial charge in [0.05, 0.1) is 24.2 Å². The number of nitrogens with zero attached hydrogens (tertiary/aromatic N) is 3. The summed E-state index contributed by atoms with van der Waals surface area (Å²) < 4.78 is 15.8. The van der Waals surface area contributed by atoms with E-state index >= 15 is 0 Å². The maximum atomic E-state index is 14.1. The number of aryl methyl sites for hydroxylation is 1. The van der Waals surface area contributed by atoms with Crippen LogP contribution in [0.2, 0.25) is 0 Å². The van der Waals surface area contributed by atoms with Gasteiger partial charge in [0.15, 0.2) is 0 Å². The summed E-state index contributed by atoms with van der Waals surface area (Å²) in [5.41, 5.74) is 3.38. The van der Waals surface area contributed by atoms with Gasteiger partial charge in [-0.25, -0.2) is 9.07 Å². The van der Waals surface area contributed by atoms with Gasteiger partial charge in [-0.15, -0.1) is 0 Å². The lowest BCUT2D eigenvalue weighted by Gasteiger charge is -2.12. The van der Waals surface area contributed by atoms with E-state index in [0.29, 0.717) is 16.8 Å². The molecular weight excluding hydrogens is 269 g/mol. The molecule has 106 valence electrons. The molecule has 0 spiro atoms. The number of aliphatic hydroxyl groups excluding tert-OH is 1.